The van der Waals surface area contributed by atoms with Crippen LogP contribution in [0.1, 0.15) is 34.3 Å². The number of hydrogen-bond acceptors (Lipinski definition) is 9. The summed E-state index contributed by atoms with van der Waals surface area (Å²) in [4.78, 5) is 27.3. The number of nitrogens with one attached hydrogen (secondary N) is 1. The van der Waals surface area contributed by atoms with Gasteiger partial charge in [0.1, 0.15) is 17.1 Å². The summed E-state index contributed by atoms with van der Waals surface area (Å²) in [5.41, 5.74) is 0.913. The highest BCUT2D eigenvalue weighted by Crippen LogP contribution is 2.57. The van der Waals surface area contributed by atoms with Crippen molar-refractivity contribution in [3.8, 4) is 17.4 Å². The maximum Gasteiger partial charge on any atom is 0.423 e. The van der Waals surface area contributed by atoms with Crippen LogP contribution in [0.3, 0.4) is 0 Å². The highest BCUT2D eigenvalue weighted by atomic mass is 19.4. The SMILES string of the molecule is COCCN1CCN(c2ccc(Nc3ncc(C(F)(F)F)c(Oc4cccc5c4C(=O)N(C)C54CC4)n3)c(OC)c2)CC1. The number of carbonyl (C=O) groups is 1. The zero-order valence-corrected chi connectivity index (χ0v) is 24.2. The van der Waals surface area contributed by atoms with E-state index in [4.69, 9.17) is 14.2 Å². The average Bonchev–Trinajstić information content (AvgIpc) is 3.78. The Labute approximate surface area is 247 Å². The zero-order valence-electron chi connectivity index (χ0n) is 24.2. The molecular formula is C30H33F3N6O4. The number of nitrogens with zero attached hydrogens (tertiary/aromatic N) is 5. The first-order valence-corrected chi connectivity index (χ1v) is 14.1. The van der Waals surface area contributed by atoms with Crippen LogP contribution in [0.15, 0.2) is 42.6 Å². The molecule has 1 aliphatic carbocycles. The molecule has 0 unspecified atom stereocenters. The predicted octanol–water partition coefficient (Wildman–Crippen LogP) is 4.88. The fourth-order valence-electron chi connectivity index (χ4n) is 5.84. The van der Waals surface area contributed by atoms with E-state index in [9.17, 15) is 18.0 Å². The molecule has 1 amide bonds. The van der Waals surface area contributed by atoms with Crippen molar-refractivity contribution in [3.05, 3.63) is 59.3 Å². The first-order valence-electron chi connectivity index (χ1n) is 14.1. The van der Waals surface area contributed by atoms with E-state index in [0.717, 1.165) is 56.8 Å². The summed E-state index contributed by atoms with van der Waals surface area (Å²) in [6.07, 6.45) is -2.51. The molecule has 6 rings (SSSR count). The van der Waals surface area contributed by atoms with Gasteiger partial charge in [-0.05, 0) is 36.6 Å². The minimum atomic E-state index is -4.78. The van der Waals surface area contributed by atoms with Gasteiger partial charge in [-0.15, -0.1) is 0 Å². The third-order valence-corrected chi connectivity index (χ3v) is 8.46. The van der Waals surface area contributed by atoms with Crippen molar-refractivity contribution in [1.82, 2.24) is 19.8 Å². The maximum absolute atomic E-state index is 14.0. The molecule has 0 atom stereocenters. The van der Waals surface area contributed by atoms with Gasteiger partial charge in [0.2, 0.25) is 11.8 Å². The standard InChI is InChI=1S/C30H33F3N6O4/c1-37-27(40)25-20(29(37)9-10-29)5-4-6-23(25)43-26-21(30(31,32)33)18-34-28(36-26)35-22-8-7-19(17-24(22)42-3)39-13-11-38(12-14-39)15-16-41-2/h4-8,17-18H,9-16H2,1-3H3,(H,34,35,36). The topological polar surface area (TPSA) is 92.3 Å². The second-order valence-electron chi connectivity index (χ2n) is 10.9. The molecule has 3 heterocycles. The third kappa shape index (κ3) is 5.42. The lowest BCUT2D eigenvalue weighted by molar-refractivity contribution is -0.139. The number of ether oxygens (including phenoxy) is 3. The minimum Gasteiger partial charge on any atom is -0.494 e. The Morgan fingerprint density at radius 3 is 2.49 bits per heavy atom. The molecule has 1 saturated carbocycles. The highest BCUT2D eigenvalue weighted by Gasteiger charge is 2.57. The number of amides is 1. The molecule has 1 saturated heterocycles. The van der Waals surface area contributed by atoms with Crippen LogP contribution in [-0.4, -0.2) is 86.3 Å². The Kier molecular flexibility index (Phi) is 7.55. The molecule has 2 aliphatic heterocycles. The van der Waals surface area contributed by atoms with Crippen molar-refractivity contribution in [2.45, 2.75) is 24.6 Å². The van der Waals surface area contributed by atoms with Crippen LogP contribution in [0.5, 0.6) is 17.4 Å². The molecule has 10 nitrogen and oxygen atoms in total. The summed E-state index contributed by atoms with van der Waals surface area (Å²) in [6, 6.07) is 10.6. The summed E-state index contributed by atoms with van der Waals surface area (Å²) < 4.78 is 58.5. The van der Waals surface area contributed by atoms with Gasteiger partial charge < -0.3 is 29.3 Å². The number of aromatic nitrogens is 2. The molecule has 1 N–H and O–H groups in total. The number of fused-ring (bicyclic) bond motifs is 2. The van der Waals surface area contributed by atoms with E-state index in [-0.39, 0.29) is 23.2 Å². The summed E-state index contributed by atoms with van der Waals surface area (Å²) in [5.74, 6) is -0.597. The van der Waals surface area contributed by atoms with Crippen LogP contribution in [0.4, 0.5) is 30.5 Å². The van der Waals surface area contributed by atoms with Crippen molar-refractivity contribution in [2.24, 2.45) is 0 Å². The van der Waals surface area contributed by atoms with Gasteiger partial charge in [-0.1, -0.05) is 12.1 Å². The van der Waals surface area contributed by atoms with Gasteiger partial charge in [-0.2, -0.15) is 18.2 Å². The maximum atomic E-state index is 14.0. The highest BCUT2D eigenvalue weighted by molar-refractivity contribution is 6.03. The molecule has 13 heteroatoms. The zero-order chi connectivity index (χ0) is 30.4. The van der Waals surface area contributed by atoms with E-state index < -0.39 is 23.2 Å². The van der Waals surface area contributed by atoms with Gasteiger partial charge in [0.05, 0.1) is 30.5 Å². The van der Waals surface area contributed by atoms with E-state index in [1.54, 1.807) is 31.2 Å². The largest absolute Gasteiger partial charge is 0.494 e. The monoisotopic (exact) mass is 598 g/mol. The van der Waals surface area contributed by atoms with Crippen molar-refractivity contribution in [2.75, 3.05) is 70.8 Å². The molecular weight excluding hydrogens is 565 g/mol. The van der Waals surface area contributed by atoms with Crippen LogP contribution in [0.2, 0.25) is 0 Å². The molecule has 3 aliphatic rings. The number of carbonyl (C=O) groups excluding carboxylic acids is 1. The van der Waals surface area contributed by atoms with Gasteiger partial charge >= 0.3 is 6.18 Å². The predicted molar refractivity (Wildman–Crippen MR) is 153 cm³/mol. The first kappa shape index (κ1) is 29.0. The van der Waals surface area contributed by atoms with Crippen LogP contribution in [0.25, 0.3) is 0 Å². The van der Waals surface area contributed by atoms with Crippen LogP contribution in [-0.2, 0) is 16.5 Å². The summed E-state index contributed by atoms with van der Waals surface area (Å²) in [6.45, 7) is 5.06. The lowest BCUT2D eigenvalue weighted by Gasteiger charge is -2.36. The van der Waals surface area contributed by atoms with E-state index >= 15 is 0 Å². The number of methoxy groups -OCH3 is 2. The molecule has 1 aromatic heterocycles. The molecule has 43 heavy (non-hydrogen) atoms. The van der Waals surface area contributed by atoms with E-state index in [1.165, 1.54) is 13.2 Å². The smallest absolute Gasteiger partial charge is 0.423 e. The lowest BCUT2D eigenvalue weighted by Crippen LogP contribution is -2.47. The van der Waals surface area contributed by atoms with Crippen LogP contribution in [0, 0.1) is 0 Å². The van der Waals surface area contributed by atoms with Gasteiger partial charge in [0.15, 0.2) is 0 Å². The number of hydrogen-bond donors (Lipinski definition) is 1. The van der Waals surface area contributed by atoms with Gasteiger partial charge in [-0.25, -0.2) is 4.98 Å². The fraction of sp³-hybridized carbons (Fsp3) is 0.433. The Morgan fingerprint density at radius 2 is 1.81 bits per heavy atom. The summed E-state index contributed by atoms with van der Waals surface area (Å²) in [7, 11) is 4.92. The van der Waals surface area contributed by atoms with Crippen molar-refractivity contribution >= 4 is 23.2 Å². The quantitative estimate of drug-likeness (QED) is 0.370. The Bertz CT molecular complexity index is 1520. The van der Waals surface area contributed by atoms with E-state index in [1.807, 2.05) is 18.2 Å². The summed E-state index contributed by atoms with van der Waals surface area (Å²) in [5, 5.41) is 2.97. The number of anilines is 3. The van der Waals surface area contributed by atoms with Crippen LogP contribution >= 0.6 is 0 Å². The number of piperazine rings is 1. The average molecular weight is 599 g/mol. The van der Waals surface area contributed by atoms with Gasteiger partial charge in [-0.3, -0.25) is 9.69 Å². The molecule has 1 spiro atoms. The first-order chi connectivity index (χ1) is 20.6. The fourth-order valence-corrected chi connectivity index (χ4v) is 5.84. The molecule has 3 aromatic rings. The second kappa shape index (κ2) is 11.2. The molecule has 0 radical (unpaired) electrons. The van der Waals surface area contributed by atoms with Gasteiger partial charge in [0.25, 0.3) is 5.91 Å². The Hall–Kier alpha value is -4.10. The molecule has 2 aromatic carbocycles. The van der Waals surface area contributed by atoms with Crippen LogP contribution < -0.4 is 19.7 Å². The normalized spacial score (nSPS) is 17.8. The van der Waals surface area contributed by atoms with E-state index in [0.29, 0.717) is 24.2 Å². The number of rotatable bonds is 9. The number of alkyl halides is 3. The third-order valence-electron chi connectivity index (χ3n) is 8.46. The van der Waals surface area contributed by atoms with Crippen molar-refractivity contribution in [1.29, 1.82) is 0 Å². The molecule has 228 valence electrons. The second-order valence-corrected chi connectivity index (χ2v) is 10.9. The number of benzene rings is 2. The Morgan fingerprint density at radius 1 is 1.05 bits per heavy atom. The number of halogens is 3. The van der Waals surface area contributed by atoms with Crippen molar-refractivity contribution < 1.29 is 32.2 Å². The van der Waals surface area contributed by atoms with E-state index in [2.05, 4.69) is 25.1 Å². The molecule has 2 fully saturated rings. The summed E-state index contributed by atoms with van der Waals surface area (Å²) >= 11 is 0. The van der Waals surface area contributed by atoms with Gasteiger partial charge in [0, 0.05) is 64.8 Å². The van der Waals surface area contributed by atoms with Crippen molar-refractivity contribution in [3.63, 3.8) is 0 Å². The minimum absolute atomic E-state index is 0.0255. The lowest BCUT2D eigenvalue weighted by atomic mass is 10.0. The molecule has 0 bridgehead atoms. The Balaban J connectivity index is 1.25.